The normalized spacial score (nSPS) is 11.7. The van der Waals surface area contributed by atoms with Crippen LogP contribution in [0.4, 0.5) is 0 Å². The molecule has 0 aliphatic carbocycles. The number of para-hydroxylation sites is 1. The van der Waals surface area contributed by atoms with Crippen molar-refractivity contribution in [1.82, 2.24) is 9.97 Å². The summed E-state index contributed by atoms with van der Waals surface area (Å²) in [5.74, 6) is 0.475. The summed E-state index contributed by atoms with van der Waals surface area (Å²) in [7, 11) is 0. The van der Waals surface area contributed by atoms with Crippen molar-refractivity contribution in [3.05, 3.63) is 59.9 Å². The molecule has 0 saturated heterocycles. The van der Waals surface area contributed by atoms with Gasteiger partial charge in [0.2, 0.25) is 5.71 Å². The van der Waals surface area contributed by atoms with Gasteiger partial charge in [0.1, 0.15) is 5.58 Å². The number of furan rings is 1. The summed E-state index contributed by atoms with van der Waals surface area (Å²) in [6.45, 7) is 6.52. The molecule has 0 unspecified atom stereocenters. The zero-order valence-electron chi connectivity index (χ0n) is 13.5. The molecule has 0 spiro atoms. The first kappa shape index (κ1) is 13.9. The van der Waals surface area contributed by atoms with E-state index in [0.717, 1.165) is 27.6 Å². The van der Waals surface area contributed by atoms with Crippen molar-refractivity contribution >= 4 is 22.1 Å². The quantitative estimate of drug-likeness (QED) is 0.492. The van der Waals surface area contributed by atoms with E-state index in [4.69, 9.17) is 4.42 Å². The van der Waals surface area contributed by atoms with Crippen molar-refractivity contribution in [3.63, 3.8) is 0 Å². The molecule has 23 heavy (non-hydrogen) atoms. The van der Waals surface area contributed by atoms with Gasteiger partial charge in [-0.3, -0.25) is 4.98 Å². The van der Waals surface area contributed by atoms with Crippen LogP contribution in [0.1, 0.15) is 30.9 Å². The number of rotatable bonds is 2. The van der Waals surface area contributed by atoms with E-state index >= 15 is 0 Å². The van der Waals surface area contributed by atoms with Crippen LogP contribution >= 0.6 is 0 Å². The summed E-state index contributed by atoms with van der Waals surface area (Å²) < 4.78 is 6.00. The second kappa shape index (κ2) is 5.20. The first-order valence-electron chi connectivity index (χ1n) is 7.88. The van der Waals surface area contributed by atoms with Crippen molar-refractivity contribution in [3.8, 4) is 11.3 Å². The largest absolute Gasteiger partial charge is 0.437 e. The van der Waals surface area contributed by atoms with Crippen molar-refractivity contribution in [2.75, 3.05) is 0 Å². The number of hydrogen-bond donors (Lipinski definition) is 0. The van der Waals surface area contributed by atoms with Crippen LogP contribution < -0.4 is 0 Å². The smallest absolute Gasteiger partial charge is 0.227 e. The van der Waals surface area contributed by atoms with Gasteiger partial charge in [-0.1, -0.05) is 26.0 Å². The molecule has 0 bridgehead atoms. The van der Waals surface area contributed by atoms with Gasteiger partial charge in [0.05, 0.1) is 5.69 Å². The van der Waals surface area contributed by atoms with Gasteiger partial charge >= 0.3 is 0 Å². The molecule has 4 rings (SSSR count). The number of aryl methyl sites for hydroxylation is 1. The van der Waals surface area contributed by atoms with Crippen molar-refractivity contribution in [1.29, 1.82) is 0 Å². The maximum Gasteiger partial charge on any atom is 0.227 e. The highest BCUT2D eigenvalue weighted by molar-refractivity contribution is 6.08. The minimum Gasteiger partial charge on any atom is -0.437 e. The summed E-state index contributed by atoms with van der Waals surface area (Å²) >= 11 is 0. The molecule has 0 radical (unpaired) electrons. The summed E-state index contributed by atoms with van der Waals surface area (Å²) in [6, 6.07) is 12.3. The Morgan fingerprint density at radius 3 is 2.61 bits per heavy atom. The Kier molecular flexibility index (Phi) is 3.15. The Hall–Kier alpha value is -2.68. The Labute approximate surface area is 135 Å². The number of fused-ring (bicyclic) bond motifs is 3. The van der Waals surface area contributed by atoms with Crippen LogP contribution in [0.3, 0.4) is 0 Å². The minimum atomic E-state index is 0.475. The van der Waals surface area contributed by atoms with Gasteiger partial charge < -0.3 is 4.42 Å². The third-order valence-electron chi connectivity index (χ3n) is 4.32. The SMILES string of the molecule is Cc1cc(-c2cccc3c2oc2ncccc23)ncc1C(C)C. The highest BCUT2D eigenvalue weighted by atomic mass is 16.3. The monoisotopic (exact) mass is 302 g/mol. The van der Waals surface area contributed by atoms with Gasteiger partial charge in [-0.2, -0.15) is 0 Å². The van der Waals surface area contributed by atoms with E-state index in [2.05, 4.69) is 48.9 Å². The van der Waals surface area contributed by atoms with Crippen molar-refractivity contribution in [2.45, 2.75) is 26.7 Å². The molecule has 0 saturated carbocycles. The molecule has 3 heteroatoms. The summed E-state index contributed by atoms with van der Waals surface area (Å²) in [6.07, 6.45) is 3.74. The molecule has 0 aliphatic heterocycles. The van der Waals surface area contributed by atoms with E-state index < -0.39 is 0 Å². The highest BCUT2D eigenvalue weighted by Crippen LogP contribution is 2.34. The lowest BCUT2D eigenvalue weighted by molar-refractivity contribution is 0.655. The van der Waals surface area contributed by atoms with E-state index in [9.17, 15) is 0 Å². The lowest BCUT2D eigenvalue weighted by atomic mass is 9.98. The molecule has 0 aliphatic rings. The van der Waals surface area contributed by atoms with Gasteiger partial charge in [-0.25, -0.2) is 4.98 Å². The van der Waals surface area contributed by atoms with Crippen molar-refractivity contribution in [2.24, 2.45) is 0 Å². The zero-order chi connectivity index (χ0) is 16.0. The molecule has 114 valence electrons. The highest BCUT2D eigenvalue weighted by Gasteiger charge is 2.14. The molecular formula is C20H18N2O. The number of benzene rings is 1. The molecule has 3 nitrogen and oxygen atoms in total. The fourth-order valence-corrected chi connectivity index (χ4v) is 3.15. The van der Waals surface area contributed by atoms with Gasteiger partial charge in [0.15, 0.2) is 0 Å². The van der Waals surface area contributed by atoms with Crippen molar-refractivity contribution < 1.29 is 4.42 Å². The Morgan fingerprint density at radius 2 is 1.83 bits per heavy atom. The fraction of sp³-hybridized carbons (Fsp3) is 0.200. The van der Waals surface area contributed by atoms with Crippen LogP contribution in [0, 0.1) is 6.92 Å². The first-order chi connectivity index (χ1) is 11.1. The third-order valence-corrected chi connectivity index (χ3v) is 4.32. The van der Waals surface area contributed by atoms with Crippen LogP contribution in [-0.4, -0.2) is 9.97 Å². The molecule has 3 aromatic heterocycles. The maximum atomic E-state index is 6.00. The fourth-order valence-electron chi connectivity index (χ4n) is 3.15. The van der Waals surface area contributed by atoms with Crippen LogP contribution in [0.25, 0.3) is 33.3 Å². The Morgan fingerprint density at radius 1 is 1.00 bits per heavy atom. The van der Waals surface area contributed by atoms with E-state index in [1.807, 2.05) is 24.4 Å². The van der Waals surface area contributed by atoms with Crippen LogP contribution in [0.15, 0.2) is 53.2 Å². The first-order valence-corrected chi connectivity index (χ1v) is 7.88. The third kappa shape index (κ3) is 2.20. The Balaban J connectivity index is 1.97. The second-order valence-corrected chi connectivity index (χ2v) is 6.22. The molecule has 1 aromatic carbocycles. The average molecular weight is 302 g/mol. The number of aromatic nitrogens is 2. The molecular weight excluding hydrogens is 284 g/mol. The second-order valence-electron chi connectivity index (χ2n) is 6.22. The maximum absolute atomic E-state index is 6.00. The van der Waals surface area contributed by atoms with Gasteiger partial charge in [-0.05, 0) is 48.2 Å². The standard InChI is InChI=1S/C20H18N2O/c1-12(2)17-11-22-18(10-13(17)3)16-7-4-6-14-15-8-5-9-21-20(15)23-19(14)16/h4-12H,1-3H3. The molecule has 0 fully saturated rings. The number of pyridine rings is 2. The van der Waals surface area contributed by atoms with Crippen LogP contribution in [0.5, 0.6) is 0 Å². The Bertz CT molecular complexity index is 1010. The van der Waals surface area contributed by atoms with E-state index in [0.29, 0.717) is 11.6 Å². The zero-order valence-corrected chi connectivity index (χ0v) is 13.5. The number of nitrogens with zero attached hydrogens (tertiary/aromatic N) is 2. The molecule has 0 atom stereocenters. The molecule has 0 N–H and O–H groups in total. The summed E-state index contributed by atoms with van der Waals surface area (Å²) in [4.78, 5) is 8.99. The van der Waals surface area contributed by atoms with Crippen LogP contribution in [-0.2, 0) is 0 Å². The van der Waals surface area contributed by atoms with E-state index in [1.54, 1.807) is 6.20 Å². The summed E-state index contributed by atoms with van der Waals surface area (Å²) in [5, 5.41) is 2.12. The van der Waals surface area contributed by atoms with Gasteiger partial charge in [0.25, 0.3) is 0 Å². The van der Waals surface area contributed by atoms with E-state index in [1.165, 1.54) is 11.1 Å². The number of hydrogen-bond acceptors (Lipinski definition) is 3. The average Bonchev–Trinajstić information content (AvgIpc) is 2.93. The molecule has 3 heterocycles. The molecule has 4 aromatic rings. The minimum absolute atomic E-state index is 0.475. The lowest BCUT2D eigenvalue weighted by Gasteiger charge is -2.11. The van der Waals surface area contributed by atoms with Gasteiger partial charge in [-0.15, -0.1) is 0 Å². The van der Waals surface area contributed by atoms with Crippen LogP contribution in [0.2, 0.25) is 0 Å². The summed E-state index contributed by atoms with van der Waals surface area (Å²) in [5.41, 5.74) is 6.02. The lowest BCUT2D eigenvalue weighted by Crippen LogP contribution is -1.95. The van der Waals surface area contributed by atoms with Gasteiger partial charge in [0, 0.05) is 28.7 Å². The molecule has 0 amide bonds. The predicted molar refractivity (Wildman–Crippen MR) is 93.6 cm³/mol. The predicted octanol–water partition coefficient (Wildman–Crippen LogP) is 5.47. The van der Waals surface area contributed by atoms with E-state index in [-0.39, 0.29) is 0 Å². The topological polar surface area (TPSA) is 38.9 Å².